The van der Waals surface area contributed by atoms with Crippen molar-refractivity contribution in [2.24, 2.45) is 11.8 Å². The predicted molar refractivity (Wildman–Crippen MR) is 54.3 cm³/mol. The van der Waals surface area contributed by atoms with Crippen LogP contribution in [-0.4, -0.2) is 24.2 Å². The fourth-order valence-electron chi connectivity index (χ4n) is 2.26. The van der Waals surface area contributed by atoms with Crippen LogP contribution in [0.1, 0.15) is 38.5 Å². The molecule has 0 saturated heterocycles. The Morgan fingerprint density at radius 3 is 2.40 bits per heavy atom. The maximum atomic E-state index is 11.1. The molecule has 1 fully saturated rings. The Hall–Kier alpha value is -1.06. The summed E-state index contributed by atoms with van der Waals surface area (Å²) in [6.45, 7) is 0. The van der Waals surface area contributed by atoms with Crippen LogP contribution in [0, 0.1) is 11.8 Å². The largest absolute Gasteiger partial charge is 0.481 e. The van der Waals surface area contributed by atoms with Crippen molar-refractivity contribution in [3.05, 3.63) is 0 Å². The predicted octanol–water partition coefficient (Wildman–Crippen LogP) is 1.83. The molecule has 1 saturated carbocycles. The number of rotatable bonds is 4. The van der Waals surface area contributed by atoms with Gasteiger partial charge in [-0.2, -0.15) is 0 Å². The number of carboxylic acid groups (broad SMARTS) is 1. The Balaban J connectivity index is 2.55. The van der Waals surface area contributed by atoms with Crippen LogP contribution in [0.5, 0.6) is 0 Å². The minimum atomic E-state index is -0.868. The van der Waals surface area contributed by atoms with Crippen molar-refractivity contribution >= 4 is 11.9 Å². The van der Waals surface area contributed by atoms with Gasteiger partial charge in [0.15, 0.2) is 0 Å². The van der Waals surface area contributed by atoms with Gasteiger partial charge < -0.3 is 9.84 Å². The zero-order chi connectivity index (χ0) is 11.3. The molecule has 0 radical (unpaired) electrons. The number of hydrogen-bond acceptors (Lipinski definition) is 3. The third-order valence-electron chi connectivity index (χ3n) is 3.15. The summed E-state index contributed by atoms with van der Waals surface area (Å²) in [4.78, 5) is 22.1. The molecule has 0 aromatic rings. The lowest BCUT2D eigenvalue weighted by Gasteiger charge is -2.26. The fraction of sp³-hybridized carbons (Fsp3) is 0.818. The third kappa shape index (κ3) is 3.53. The molecule has 0 spiro atoms. The van der Waals surface area contributed by atoms with Crippen molar-refractivity contribution in [3.63, 3.8) is 0 Å². The first kappa shape index (κ1) is 12.0. The maximum absolute atomic E-state index is 11.1. The monoisotopic (exact) mass is 214 g/mol. The second-order valence-electron chi connectivity index (χ2n) is 4.12. The van der Waals surface area contributed by atoms with Gasteiger partial charge in [-0.3, -0.25) is 9.59 Å². The minimum absolute atomic E-state index is 0.0104. The van der Waals surface area contributed by atoms with Crippen molar-refractivity contribution < 1.29 is 19.4 Å². The molecule has 0 heterocycles. The highest BCUT2D eigenvalue weighted by molar-refractivity contribution is 5.78. The summed E-state index contributed by atoms with van der Waals surface area (Å²) in [7, 11) is 1.29. The lowest BCUT2D eigenvalue weighted by molar-refractivity contribution is -0.152. The Morgan fingerprint density at radius 1 is 1.33 bits per heavy atom. The van der Waals surface area contributed by atoms with E-state index in [-0.39, 0.29) is 12.3 Å². The number of carboxylic acids is 1. The van der Waals surface area contributed by atoms with Crippen LogP contribution < -0.4 is 0 Å². The third-order valence-corrected chi connectivity index (χ3v) is 3.15. The molecule has 1 N–H and O–H groups in total. The Bertz CT molecular complexity index is 231. The van der Waals surface area contributed by atoms with Crippen LogP contribution in [0.25, 0.3) is 0 Å². The molecule has 86 valence electrons. The van der Waals surface area contributed by atoms with Gasteiger partial charge in [-0.25, -0.2) is 0 Å². The molecule has 15 heavy (non-hydrogen) atoms. The topological polar surface area (TPSA) is 63.6 Å². The van der Waals surface area contributed by atoms with Gasteiger partial charge in [-0.15, -0.1) is 0 Å². The zero-order valence-electron chi connectivity index (χ0n) is 9.07. The number of aliphatic carboxylic acids is 1. The lowest BCUT2D eigenvalue weighted by atomic mass is 9.78. The van der Waals surface area contributed by atoms with Gasteiger partial charge in [0.25, 0.3) is 0 Å². The molecule has 1 aliphatic rings. The zero-order valence-corrected chi connectivity index (χ0v) is 9.07. The van der Waals surface area contributed by atoms with Crippen molar-refractivity contribution in [1.29, 1.82) is 0 Å². The minimum Gasteiger partial charge on any atom is -0.481 e. The van der Waals surface area contributed by atoms with Gasteiger partial charge in [0.1, 0.15) is 0 Å². The van der Waals surface area contributed by atoms with E-state index in [0.29, 0.717) is 0 Å². The van der Waals surface area contributed by atoms with Crippen molar-refractivity contribution in [2.75, 3.05) is 7.11 Å². The highest BCUT2D eigenvalue weighted by Crippen LogP contribution is 2.32. The summed E-state index contributed by atoms with van der Waals surface area (Å²) in [5.41, 5.74) is 0. The number of carbonyl (C=O) groups excluding carboxylic acids is 1. The van der Waals surface area contributed by atoms with E-state index < -0.39 is 17.9 Å². The second kappa shape index (κ2) is 5.73. The normalized spacial score (nSPS) is 19.5. The summed E-state index contributed by atoms with van der Waals surface area (Å²) < 4.78 is 4.52. The molecular weight excluding hydrogens is 196 g/mol. The molecule has 0 aliphatic heterocycles. The van der Waals surface area contributed by atoms with Crippen molar-refractivity contribution in [1.82, 2.24) is 0 Å². The first-order valence-corrected chi connectivity index (χ1v) is 5.44. The van der Waals surface area contributed by atoms with Gasteiger partial charge >= 0.3 is 11.9 Å². The fourth-order valence-corrected chi connectivity index (χ4v) is 2.26. The highest BCUT2D eigenvalue weighted by Gasteiger charge is 2.31. The number of methoxy groups -OCH3 is 1. The second-order valence-corrected chi connectivity index (χ2v) is 4.12. The van der Waals surface area contributed by atoms with E-state index in [1.54, 1.807) is 0 Å². The average molecular weight is 214 g/mol. The number of hydrogen-bond donors (Lipinski definition) is 1. The summed E-state index contributed by atoms with van der Waals surface area (Å²) in [5.74, 6) is -1.70. The molecule has 0 bridgehead atoms. The summed E-state index contributed by atoms with van der Waals surface area (Å²) >= 11 is 0. The van der Waals surface area contributed by atoms with Gasteiger partial charge in [-0.1, -0.05) is 19.3 Å². The maximum Gasteiger partial charge on any atom is 0.307 e. The van der Waals surface area contributed by atoms with E-state index in [2.05, 4.69) is 4.74 Å². The van der Waals surface area contributed by atoms with Gasteiger partial charge in [0.2, 0.25) is 0 Å². The van der Waals surface area contributed by atoms with E-state index >= 15 is 0 Å². The molecule has 1 aliphatic carbocycles. The number of ether oxygens (including phenoxy) is 1. The Kier molecular flexibility index (Phi) is 4.59. The van der Waals surface area contributed by atoms with E-state index in [0.717, 1.165) is 25.7 Å². The number of esters is 1. The van der Waals surface area contributed by atoms with Gasteiger partial charge in [0.05, 0.1) is 19.4 Å². The van der Waals surface area contributed by atoms with E-state index in [9.17, 15) is 9.59 Å². The molecule has 1 atom stereocenters. The molecule has 0 amide bonds. The molecular formula is C11H18O4. The highest BCUT2D eigenvalue weighted by atomic mass is 16.5. The SMILES string of the molecule is COC(=O)C[C@H](C(=O)O)C1CCCCC1. The summed E-state index contributed by atoms with van der Waals surface area (Å²) in [6, 6.07) is 0. The van der Waals surface area contributed by atoms with Crippen LogP contribution in [-0.2, 0) is 14.3 Å². The van der Waals surface area contributed by atoms with Crippen LogP contribution in [0.4, 0.5) is 0 Å². The summed E-state index contributed by atoms with van der Waals surface area (Å²) in [6.07, 6.45) is 5.20. The van der Waals surface area contributed by atoms with Crippen LogP contribution in [0.3, 0.4) is 0 Å². The molecule has 1 rings (SSSR count). The molecule has 4 heteroatoms. The van der Waals surface area contributed by atoms with E-state index in [1.807, 2.05) is 0 Å². The van der Waals surface area contributed by atoms with Gasteiger partial charge in [-0.05, 0) is 18.8 Å². The van der Waals surface area contributed by atoms with Crippen LogP contribution in [0.15, 0.2) is 0 Å². The standard InChI is InChI=1S/C11H18O4/c1-15-10(12)7-9(11(13)14)8-5-3-2-4-6-8/h8-9H,2-7H2,1H3,(H,13,14)/t9-/m0/s1. The van der Waals surface area contributed by atoms with Crippen LogP contribution >= 0.6 is 0 Å². The number of carbonyl (C=O) groups is 2. The first-order valence-electron chi connectivity index (χ1n) is 5.44. The Morgan fingerprint density at radius 2 is 1.93 bits per heavy atom. The van der Waals surface area contributed by atoms with Gasteiger partial charge in [0, 0.05) is 0 Å². The lowest BCUT2D eigenvalue weighted by Crippen LogP contribution is -2.28. The first-order chi connectivity index (χ1) is 7.15. The van der Waals surface area contributed by atoms with E-state index in [1.165, 1.54) is 13.5 Å². The van der Waals surface area contributed by atoms with E-state index in [4.69, 9.17) is 5.11 Å². The smallest absolute Gasteiger partial charge is 0.307 e. The summed E-state index contributed by atoms with van der Waals surface area (Å²) in [5, 5.41) is 9.06. The Labute approximate surface area is 89.6 Å². The van der Waals surface area contributed by atoms with Crippen molar-refractivity contribution in [3.8, 4) is 0 Å². The van der Waals surface area contributed by atoms with Crippen molar-refractivity contribution in [2.45, 2.75) is 38.5 Å². The van der Waals surface area contributed by atoms with Crippen LogP contribution in [0.2, 0.25) is 0 Å². The molecule has 4 nitrogen and oxygen atoms in total. The average Bonchev–Trinajstić information content (AvgIpc) is 2.26. The molecule has 0 aromatic heterocycles. The molecule has 0 aromatic carbocycles. The quantitative estimate of drug-likeness (QED) is 0.725. The molecule has 0 unspecified atom stereocenters.